The number of benzene rings is 2. The van der Waals surface area contributed by atoms with Gasteiger partial charge in [-0.25, -0.2) is 9.59 Å². The molecule has 0 aliphatic rings. The molecule has 0 bridgehead atoms. The summed E-state index contributed by atoms with van der Waals surface area (Å²) < 4.78 is 4.62. The first-order valence-electron chi connectivity index (χ1n) is 6.41. The van der Waals surface area contributed by atoms with Gasteiger partial charge in [-0.1, -0.05) is 11.6 Å². The Bertz CT molecular complexity index is 856. The lowest BCUT2D eigenvalue weighted by molar-refractivity contribution is -0.384. The summed E-state index contributed by atoms with van der Waals surface area (Å²) in [4.78, 5) is 36.6. The first-order valence-corrected chi connectivity index (χ1v) is 6.79. The van der Waals surface area contributed by atoms with E-state index in [0.29, 0.717) is 5.02 Å². The average Bonchev–Trinajstić information content (AvgIpc) is 2.56. The zero-order chi connectivity index (χ0) is 17.7. The standard InChI is InChI=1S/C15H8ClN3O5/c16-11-5-1-10(2-6-11)14(20)24-15(21)13(18-17)9-3-7-12(8-4-9)19(22)23/h1-8H. The smallest absolute Gasteiger partial charge is 0.380 e. The molecule has 120 valence electrons. The van der Waals surface area contributed by atoms with Crippen LogP contribution >= 0.6 is 11.6 Å². The second-order valence-electron chi connectivity index (χ2n) is 4.44. The van der Waals surface area contributed by atoms with E-state index in [-0.39, 0.29) is 16.8 Å². The lowest BCUT2D eigenvalue weighted by Crippen LogP contribution is -2.23. The van der Waals surface area contributed by atoms with Gasteiger partial charge in [0.1, 0.15) is 0 Å². The maximum atomic E-state index is 12.0. The summed E-state index contributed by atoms with van der Waals surface area (Å²) in [5.74, 6) is -2.16. The van der Waals surface area contributed by atoms with E-state index < -0.39 is 22.6 Å². The molecule has 0 saturated carbocycles. The third-order valence-electron chi connectivity index (χ3n) is 2.91. The Kier molecular flexibility index (Phi) is 5.16. The number of carbonyl (C=O) groups excluding carboxylic acids is 2. The predicted octanol–water partition coefficient (Wildman–Crippen LogP) is 2.65. The number of nitrogens with zero attached hydrogens (tertiary/aromatic N) is 3. The van der Waals surface area contributed by atoms with Gasteiger partial charge in [-0.3, -0.25) is 10.1 Å². The summed E-state index contributed by atoms with van der Waals surface area (Å²) in [7, 11) is 0. The summed E-state index contributed by atoms with van der Waals surface area (Å²) in [5.41, 5.74) is 8.33. The van der Waals surface area contributed by atoms with Crippen molar-refractivity contribution in [1.29, 1.82) is 0 Å². The minimum Gasteiger partial charge on any atom is -0.380 e. The van der Waals surface area contributed by atoms with Crippen LogP contribution < -0.4 is 0 Å². The van der Waals surface area contributed by atoms with Gasteiger partial charge in [-0.15, -0.1) is 0 Å². The first kappa shape index (κ1) is 17.0. The first-order chi connectivity index (χ1) is 11.4. The number of carbonyl (C=O) groups is 2. The van der Waals surface area contributed by atoms with E-state index in [0.717, 1.165) is 12.1 Å². The summed E-state index contributed by atoms with van der Waals surface area (Å²) in [5, 5.41) is 11.0. The van der Waals surface area contributed by atoms with Crippen molar-refractivity contribution in [3.05, 3.63) is 80.3 Å². The minimum absolute atomic E-state index is 0.0528. The monoisotopic (exact) mass is 345 g/mol. The number of ether oxygens (including phenoxy) is 1. The van der Waals surface area contributed by atoms with E-state index in [9.17, 15) is 19.7 Å². The van der Waals surface area contributed by atoms with Crippen LogP contribution in [0.1, 0.15) is 15.9 Å². The third kappa shape index (κ3) is 3.89. The Morgan fingerprint density at radius 2 is 1.58 bits per heavy atom. The molecule has 9 heteroatoms. The van der Waals surface area contributed by atoms with Crippen LogP contribution in [-0.2, 0) is 9.53 Å². The number of esters is 2. The van der Waals surface area contributed by atoms with Gasteiger partial charge in [0.05, 0.1) is 16.1 Å². The fraction of sp³-hybridized carbons (Fsp3) is 0. The summed E-state index contributed by atoms with van der Waals surface area (Å²) >= 11 is 5.69. The van der Waals surface area contributed by atoms with Crippen molar-refractivity contribution in [2.75, 3.05) is 0 Å². The molecule has 0 amide bonds. The normalized spacial score (nSPS) is 9.71. The highest BCUT2D eigenvalue weighted by atomic mass is 35.5. The molecule has 0 spiro atoms. The molecular formula is C15H8ClN3O5. The van der Waals surface area contributed by atoms with Crippen LogP contribution in [0, 0.1) is 10.1 Å². The largest absolute Gasteiger partial charge is 0.430 e. The number of rotatable bonds is 4. The number of nitro groups is 1. The maximum Gasteiger partial charge on any atom is 0.430 e. The molecule has 2 aromatic carbocycles. The number of nitro benzene ring substituents is 1. The van der Waals surface area contributed by atoms with Crippen molar-refractivity contribution >= 4 is 34.9 Å². The second-order valence-corrected chi connectivity index (χ2v) is 4.87. The fourth-order valence-electron chi connectivity index (χ4n) is 1.73. The average molecular weight is 346 g/mol. The van der Waals surface area contributed by atoms with Gasteiger partial charge >= 0.3 is 17.7 Å². The molecule has 0 saturated heterocycles. The van der Waals surface area contributed by atoms with Crippen molar-refractivity contribution in [3.63, 3.8) is 0 Å². The van der Waals surface area contributed by atoms with Crippen molar-refractivity contribution < 1.29 is 24.0 Å². The van der Waals surface area contributed by atoms with Crippen LogP contribution in [0.25, 0.3) is 5.53 Å². The molecule has 0 aliphatic carbocycles. The van der Waals surface area contributed by atoms with E-state index in [1.165, 1.54) is 36.4 Å². The Hall–Kier alpha value is -3.35. The SMILES string of the molecule is [N-]=[N+]=C(C(=O)OC(=O)c1ccc(Cl)cc1)c1ccc([N+](=O)[O-])cc1. The van der Waals surface area contributed by atoms with E-state index in [1.54, 1.807) is 0 Å². The lowest BCUT2D eigenvalue weighted by atomic mass is 10.1. The van der Waals surface area contributed by atoms with Crippen molar-refractivity contribution in [2.45, 2.75) is 0 Å². The molecule has 24 heavy (non-hydrogen) atoms. The summed E-state index contributed by atoms with van der Waals surface area (Å²) in [6, 6.07) is 10.2. The summed E-state index contributed by atoms with van der Waals surface area (Å²) in [6.45, 7) is 0. The minimum atomic E-state index is -1.20. The summed E-state index contributed by atoms with van der Waals surface area (Å²) in [6.07, 6.45) is 0. The molecule has 0 aliphatic heterocycles. The van der Waals surface area contributed by atoms with Gasteiger partial charge in [0.15, 0.2) is 0 Å². The number of non-ortho nitro benzene ring substituents is 1. The topological polar surface area (TPSA) is 123 Å². The lowest BCUT2D eigenvalue weighted by Gasteiger charge is -2.01. The fourth-order valence-corrected chi connectivity index (χ4v) is 1.86. The van der Waals surface area contributed by atoms with Gasteiger partial charge in [0, 0.05) is 17.2 Å². The second kappa shape index (κ2) is 7.28. The quantitative estimate of drug-likeness (QED) is 0.160. The van der Waals surface area contributed by atoms with Gasteiger partial charge in [0.25, 0.3) is 5.69 Å². The highest BCUT2D eigenvalue weighted by molar-refractivity contribution is 6.42. The van der Waals surface area contributed by atoms with Crippen LogP contribution in [-0.4, -0.2) is 27.4 Å². The van der Waals surface area contributed by atoms with Gasteiger partial charge in [-0.2, -0.15) is 4.79 Å². The molecule has 0 unspecified atom stereocenters. The van der Waals surface area contributed by atoms with E-state index in [1.807, 2.05) is 0 Å². The highest BCUT2D eigenvalue weighted by Gasteiger charge is 2.28. The van der Waals surface area contributed by atoms with Gasteiger partial charge in [-0.05, 0) is 36.4 Å². The van der Waals surface area contributed by atoms with Crippen molar-refractivity contribution in [2.24, 2.45) is 0 Å². The van der Waals surface area contributed by atoms with Crippen LogP contribution in [0.2, 0.25) is 5.02 Å². The number of hydrogen-bond donors (Lipinski definition) is 0. The van der Waals surface area contributed by atoms with Gasteiger partial charge in [0.2, 0.25) is 0 Å². The van der Waals surface area contributed by atoms with Crippen molar-refractivity contribution in [1.82, 2.24) is 0 Å². The molecule has 0 atom stereocenters. The van der Waals surface area contributed by atoms with Crippen molar-refractivity contribution in [3.8, 4) is 0 Å². The van der Waals surface area contributed by atoms with Crippen LogP contribution in [0.5, 0.6) is 0 Å². The Morgan fingerprint density at radius 3 is 2.08 bits per heavy atom. The van der Waals surface area contributed by atoms with E-state index in [4.69, 9.17) is 17.1 Å². The maximum absolute atomic E-state index is 12.0. The third-order valence-corrected chi connectivity index (χ3v) is 3.16. The number of hydrogen-bond acceptors (Lipinski definition) is 5. The zero-order valence-corrected chi connectivity index (χ0v) is 12.6. The van der Waals surface area contributed by atoms with Crippen LogP contribution in [0.4, 0.5) is 5.69 Å². The molecule has 0 N–H and O–H groups in total. The van der Waals surface area contributed by atoms with Crippen LogP contribution in [0.3, 0.4) is 0 Å². The van der Waals surface area contributed by atoms with E-state index >= 15 is 0 Å². The molecule has 0 heterocycles. The molecule has 0 aromatic heterocycles. The Morgan fingerprint density at radius 1 is 1.04 bits per heavy atom. The molecule has 0 radical (unpaired) electrons. The van der Waals surface area contributed by atoms with Gasteiger partial charge < -0.3 is 10.3 Å². The predicted molar refractivity (Wildman–Crippen MR) is 82.7 cm³/mol. The van der Waals surface area contributed by atoms with E-state index in [2.05, 4.69) is 9.53 Å². The Balaban J connectivity index is 2.17. The highest BCUT2D eigenvalue weighted by Crippen LogP contribution is 2.14. The number of halogens is 1. The molecule has 2 rings (SSSR count). The molecule has 2 aromatic rings. The molecule has 8 nitrogen and oxygen atoms in total. The zero-order valence-electron chi connectivity index (χ0n) is 11.9. The molecular weight excluding hydrogens is 338 g/mol. The Labute approximate surface area is 140 Å². The van der Waals surface area contributed by atoms with Crippen LogP contribution in [0.15, 0.2) is 48.5 Å². The molecule has 0 fully saturated rings.